The molecule has 2 fully saturated rings. The molecule has 2 rings (SSSR count). The second kappa shape index (κ2) is 6.02. The van der Waals surface area contributed by atoms with Crippen LogP contribution in [-0.4, -0.2) is 23.8 Å². The maximum Gasteiger partial charge on any atom is 0.0543 e. The van der Waals surface area contributed by atoms with Crippen LogP contribution in [0.3, 0.4) is 0 Å². The lowest BCUT2D eigenvalue weighted by molar-refractivity contribution is 0.0989. The van der Waals surface area contributed by atoms with Crippen LogP contribution >= 0.6 is 0 Å². The monoisotopic (exact) mass is 225 g/mol. The third kappa shape index (κ3) is 3.46. The maximum absolute atomic E-state index is 9.63. The highest BCUT2D eigenvalue weighted by atomic mass is 16.3. The van der Waals surface area contributed by atoms with Crippen LogP contribution in [0, 0.1) is 11.8 Å². The molecule has 0 radical (unpaired) electrons. The number of hydrogen-bond acceptors (Lipinski definition) is 2. The topological polar surface area (TPSA) is 32.3 Å². The molecule has 2 nitrogen and oxygen atoms in total. The van der Waals surface area contributed by atoms with Crippen LogP contribution in [0.25, 0.3) is 0 Å². The van der Waals surface area contributed by atoms with Crippen molar-refractivity contribution in [2.45, 2.75) is 70.4 Å². The van der Waals surface area contributed by atoms with E-state index in [1.807, 2.05) is 0 Å². The van der Waals surface area contributed by atoms with Crippen molar-refractivity contribution >= 4 is 0 Å². The van der Waals surface area contributed by atoms with Gasteiger partial charge >= 0.3 is 0 Å². The summed E-state index contributed by atoms with van der Waals surface area (Å²) in [6, 6.07) is 0.682. The minimum absolute atomic E-state index is 0.0256. The Morgan fingerprint density at radius 2 is 1.88 bits per heavy atom. The Labute approximate surface area is 99.8 Å². The molecule has 2 saturated carbocycles. The van der Waals surface area contributed by atoms with E-state index in [9.17, 15) is 5.11 Å². The lowest BCUT2D eigenvalue weighted by Crippen LogP contribution is -2.37. The molecule has 2 aliphatic carbocycles. The van der Waals surface area contributed by atoms with Crippen LogP contribution in [0.1, 0.15) is 58.3 Å². The average molecular weight is 225 g/mol. The number of nitrogens with one attached hydrogen (secondary N) is 1. The molecule has 0 aromatic heterocycles. The van der Waals surface area contributed by atoms with Gasteiger partial charge in [0.25, 0.3) is 0 Å². The fourth-order valence-corrected chi connectivity index (χ4v) is 3.42. The quantitative estimate of drug-likeness (QED) is 0.771. The van der Waals surface area contributed by atoms with Crippen LogP contribution in [0.4, 0.5) is 0 Å². The summed E-state index contributed by atoms with van der Waals surface area (Å²) in [5, 5.41) is 13.3. The molecule has 0 spiro atoms. The van der Waals surface area contributed by atoms with Gasteiger partial charge in [0, 0.05) is 6.04 Å². The predicted octanol–water partition coefficient (Wildman–Crippen LogP) is 2.71. The van der Waals surface area contributed by atoms with Crippen LogP contribution in [0.15, 0.2) is 0 Å². The van der Waals surface area contributed by atoms with Crippen LogP contribution in [0.5, 0.6) is 0 Å². The predicted molar refractivity (Wildman–Crippen MR) is 67.4 cm³/mol. The van der Waals surface area contributed by atoms with Gasteiger partial charge in [-0.15, -0.1) is 0 Å². The Bertz CT molecular complexity index is 199. The van der Waals surface area contributed by atoms with Crippen LogP contribution in [0.2, 0.25) is 0 Å². The van der Waals surface area contributed by atoms with E-state index in [0.717, 1.165) is 25.3 Å². The van der Waals surface area contributed by atoms with E-state index in [1.54, 1.807) is 0 Å². The Morgan fingerprint density at radius 1 is 1.12 bits per heavy atom. The molecule has 0 bridgehead atoms. The molecule has 0 amide bonds. The van der Waals surface area contributed by atoms with Crippen molar-refractivity contribution in [3.8, 4) is 0 Å². The summed E-state index contributed by atoms with van der Waals surface area (Å²) in [7, 11) is 0. The zero-order valence-electron chi connectivity index (χ0n) is 10.6. The van der Waals surface area contributed by atoms with Gasteiger partial charge in [0.15, 0.2) is 0 Å². The number of rotatable bonds is 4. The molecule has 94 valence electrons. The van der Waals surface area contributed by atoms with Gasteiger partial charge in [0.1, 0.15) is 0 Å². The van der Waals surface area contributed by atoms with Gasteiger partial charge in [-0.1, -0.05) is 19.3 Å². The minimum atomic E-state index is -0.0256. The largest absolute Gasteiger partial charge is 0.393 e. The molecule has 2 aliphatic rings. The third-order valence-corrected chi connectivity index (χ3v) is 4.59. The second-order valence-corrected chi connectivity index (χ2v) is 5.93. The van der Waals surface area contributed by atoms with Crippen molar-refractivity contribution in [1.29, 1.82) is 0 Å². The van der Waals surface area contributed by atoms with E-state index in [1.165, 1.54) is 38.5 Å². The van der Waals surface area contributed by atoms with E-state index < -0.39 is 0 Å². The number of aliphatic hydroxyl groups excluding tert-OH is 1. The van der Waals surface area contributed by atoms with Gasteiger partial charge in [-0.05, 0) is 57.4 Å². The summed E-state index contributed by atoms with van der Waals surface area (Å²) >= 11 is 0. The van der Waals surface area contributed by atoms with Crippen LogP contribution in [-0.2, 0) is 0 Å². The average Bonchev–Trinajstić information content (AvgIpc) is 2.79. The van der Waals surface area contributed by atoms with Crippen molar-refractivity contribution in [3.63, 3.8) is 0 Å². The maximum atomic E-state index is 9.63. The van der Waals surface area contributed by atoms with E-state index in [0.29, 0.717) is 12.0 Å². The lowest BCUT2D eigenvalue weighted by atomic mass is 9.87. The first kappa shape index (κ1) is 12.4. The Kier molecular flexibility index (Phi) is 4.66. The van der Waals surface area contributed by atoms with Crippen molar-refractivity contribution in [2.24, 2.45) is 11.8 Å². The Hall–Kier alpha value is -0.0800. The van der Waals surface area contributed by atoms with E-state index in [2.05, 4.69) is 12.2 Å². The first-order valence-electron chi connectivity index (χ1n) is 7.17. The van der Waals surface area contributed by atoms with Crippen molar-refractivity contribution in [1.82, 2.24) is 5.32 Å². The summed E-state index contributed by atoms with van der Waals surface area (Å²) in [4.78, 5) is 0. The molecule has 2 heteroatoms. The molecule has 16 heavy (non-hydrogen) atoms. The molecule has 0 heterocycles. The second-order valence-electron chi connectivity index (χ2n) is 5.93. The standard InChI is InChI=1S/C14H27NO/c1-11(13-6-2-3-7-13)15-10-12-5-4-8-14(16)9-12/h11-16H,2-10H2,1H3. The van der Waals surface area contributed by atoms with Crippen molar-refractivity contribution < 1.29 is 5.11 Å². The fourth-order valence-electron chi connectivity index (χ4n) is 3.42. The number of hydrogen-bond donors (Lipinski definition) is 2. The molecule has 3 atom stereocenters. The summed E-state index contributed by atoms with van der Waals surface area (Å²) in [5.74, 6) is 1.63. The fraction of sp³-hybridized carbons (Fsp3) is 1.00. The minimum Gasteiger partial charge on any atom is -0.393 e. The zero-order valence-corrected chi connectivity index (χ0v) is 10.6. The molecule has 3 unspecified atom stereocenters. The van der Waals surface area contributed by atoms with Gasteiger partial charge in [-0.2, -0.15) is 0 Å². The van der Waals surface area contributed by atoms with Gasteiger partial charge in [0.2, 0.25) is 0 Å². The smallest absolute Gasteiger partial charge is 0.0543 e. The van der Waals surface area contributed by atoms with Crippen LogP contribution < -0.4 is 5.32 Å². The van der Waals surface area contributed by atoms with Gasteiger partial charge in [-0.3, -0.25) is 0 Å². The first-order chi connectivity index (χ1) is 7.75. The lowest BCUT2D eigenvalue weighted by Gasteiger charge is -2.28. The highest BCUT2D eigenvalue weighted by Crippen LogP contribution is 2.28. The normalized spacial score (nSPS) is 34.1. The molecule has 0 aromatic carbocycles. The molecule has 2 N–H and O–H groups in total. The van der Waals surface area contributed by atoms with E-state index in [4.69, 9.17) is 0 Å². The third-order valence-electron chi connectivity index (χ3n) is 4.59. The van der Waals surface area contributed by atoms with Gasteiger partial charge in [0.05, 0.1) is 6.10 Å². The zero-order chi connectivity index (χ0) is 11.4. The summed E-state index contributed by atoms with van der Waals surface area (Å²) < 4.78 is 0. The SMILES string of the molecule is CC(NCC1CCCC(O)C1)C1CCCC1. The van der Waals surface area contributed by atoms with Gasteiger partial charge in [-0.25, -0.2) is 0 Å². The summed E-state index contributed by atoms with van der Waals surface area (Å²) in [5.41, 5.74) is 0. The van der Waals surface area contributed by atoms with Gasteiger partial charge < -0.3 is 10.4 Å². The molecule has 0 aromatic rings. The molecular weight excluding hydrogens is 198 g/mol. The molecule has 0 aliphatic heterocycles. The molecular formula is C14H27NO. The van der Waals surface area contributed by atoms with Crippen molar-refractivity contribution in [3.05, 3.63) is 0 Å². The Balaban J connectivity index is 1.65. The Morgan fingerprint density at radius 3 is 2.56 bits per heavy atom. The van der Waals surface area contributed by atoms with E-state index >= 15 is 0 Å². The van der Waals surface area contributed by atoms with E-state index in [-0.39, 0.29) is 6.10 Å². The highest BCUT2D eigenvalue weighted by molar-refractivity contribution is 4.80. The first-order valence-corrected chi connectivity index (χ1v) is 7.17. The molecule has 0 saturated heterocycles. The number of aliphatic hydroxyl groups is 1. The van der Waals surface area contributed by atoms with Crippen molar-refractivity contribution in [2.75, 3.05) is 6.54 Å². The summed E-state index contributed by atoms with van der Waals surface area (Å²) in [6.45, 7) is 3.46. The highest BCUT2D eigenvalue weighted by Gasteiger charge is 2.24. The summed E-state index contributed by atoms with van der Waals surface area (Å²) in [6.07, 6.45) is 10.2.